The molecule has 0 saturated heterocycles. The third-order valence-electron chi connectivity index (χ3n) is 5.33. The number of aryl methyl sites for hydroxylation is 3. The van der Waals surface area contributed by atoms with Gasteiger partial charge in [0.25, 0.3) is 0 Å². The molecule has 4 heteroatoms. The van der Waals surface area contributed by atoms with Crippen LogP contribution in [0.2, 0.25) is 0 Å². The van der Waals surface area contributed by atoms with E-state index in [9.17, 15) is 4.79 Å². The molecule has 0 fully saturated rings. The standard InChI is InChI=1S/C23H25N3O/c1-26-14-13-24-23(26)22(19-8-3-2-4-9-19)25-21(27)16-17-11-12-18-7-5-6-10-20(18)15-17/h2-4,8-9,11-15,22H,5-7,10,16H2,1H3,(H,25,27)/t22-/m0/s1. The molecule has 1 amide bonds. The maximum Gasteiger partial charge on any atom is 0.225 e. The monoisotopic (exact) mass is 359 g/mol. The van der Waals surface area contributed by atoms with E-state index in [1.807, 2.05) is 48.1 Å². The molecule has 2 aromatic carbocycles. The fourth-order valence-electron chi connectivity index (χ4n) is 3.89. The summed E-state index contributed by atoms with van der Waals surface area (Å²) in [5.41, 5.74) is 4.97. The van der Waals surface area contributed by atoms with Crippen LogP contribution in [0.1, 0.15) is 47.0 Å². The molecule has 1 atom stereocenters. The van der Waals surface area contributed by atoms with Gasteiger partial charge in [0, 0.05) is 19.4 Å². The van der Waals surface area contributed by atoms with Crippen molar-refractivity contribution >= 4 is 5.91 Å². The third-order valence-corrected chi connectivity index (χ3v) is 5.33. The number of benzene rings is 2. The number of hydrogen-bond acceptors (Lipinski definition) is 2. The van der Waals surface area contributed by atoms with Gasteiger partial charge in [0.15, 0.2) is 0 Å². The van der Waals surface area contributed by atoms with Gasteiger partial charge in [-0.1, -0.05) is 48.5 Å². The molecule has 4 rings (SSSR count). The Labute approximate surface area is 160 Å². The highest BCUT2D eigenvalue weighted by Crippen LogP contribution is 2.23. The predicted octanol–water partition coefficient (Wildman–Crippen LogP) is 3.75. The number of carbonyl (C=O) groups is 1. The summed E-state index contributed by atoms with van der Waals surface area (Å²) >= 11 is 0. The molecule has 4 nitrogen and oxygen atoms in total. The fourth-order valence-corrected chi connectivity index (χ4v) is 3.89. The lowest BCUT2D eigenvalue weighted by atomic mass is 9.90. The summed E-state index contributed by atoms with van der Waals surface area (Å²) in [6, 6.07) is 16.3. The molecule has 0 unspecified atom stereocenters. The minimum absolute atomic E-state index is 0.0163. The van der Waals surface area contributed by atoms with Crippen LogP contribution in [0.4, 0.5) is 0 Å². The minimum atomic E-state index is -0.253. The zero-order valence-electron chi connectivity index (χ0n) is 15.7. The van der Waals surface area contributed by atoms with Gasteiger partial charge in [-0.25, -0.2) is 4.98 Å². The molecular weight excluding hydrogens is 334 g/mol. The third kappa shape index (κ3) is 3.95. The Morgan fingerprint density at radius 1 is 1.11 bits per heavy atom. The molecule has 0 aliphatic heterocycles. The zero-order chi connectivity index (χ0) is 18.6. The van der Waals surface area contributed by atoms with E-state index in [2.05, 4.69) is 28.5 Å². The highest BCUT2D eigenvalue weighted by molar-refractivity contribution is 5.79. The highest BCUT2D eigenvalue weighted by Gasteiger charge is 2.21. The van der Waals surface area contributed by atoms with Gasteiger partial charge in [-0.3, -0.25) is 4.79 Å². The number of fused-ring (bicyclic) bond motifs is 1. The van der Waals surface area contributed by atoms with Gasteiger partial charge in [-0.15, -0.1) is 0 Å². The average molecular weight is 359 g/mol. The van der Waals surface area contributed by atoms with E-state index >= 15 is 0 Å². The first-order valence-electron chi connectivity index (χ1n) is 9.63. The summed E-state index contributed by atoms with van der Waals surface area (Å²) in [5.74, 6) is 0.850. The summed E-state index contributed by atoms with van der Waals surface area (Å²) in [4.78, 5) is 17.3. The van der Waals surface area contributed by atoms with Crippen LogP contribution in [0.3, 0.4) is 0 Å². The SMILES string of the molecule is Cn1ccnc1[C@@H](NC(=O)Cc1ccc2c(c1)CCCC2)c1ccccc1. The second kappa shape index (κ2) is 7.78. The topological polar surface area (TPSA) is 46.9 Å². The lowest BCUT2D eigenvalue weighted by Crippen LogP contribution is -2.32. The van der Waals surface area contributed by atoms with E-state index in [0.29, 0.717) is 6.42 Å². The van der Waals surface area contributed by atoms with Crippen molar-refractivity contribution in [2.45, 2.75) is 38.1 Å². The van der Waals surface area contributed by atoms with Crippen LogP contribution in [0.25, 0.3) is 0 Å². The predicted molar refractivity (Wildman–Crippen MR) is 106 cm³/mol. The Morgan fingerprint density at radius 2 is 1.89 bits per heavy atom. The Kier molecular flexibility index (Phi) is 5.05. The maximum atomic E-state index is 12.8. The highest BCUT2D eigenvalue weighted by atomic mass is 16.1. The summed E-state index contributed by atoms with van der Waals surface area (Å²) in [6.07, 6.45) is 8.87. The Balaban J connectivity index is 1.53. The molecule has 138 valence electrons. The number of aromatic nitrogens is 2. The van der Waals surface area contributed by atoms with E-state index in [1.165, 1.54) is 24.0 Å². The largest absolute Gasteiger partial charge is 0.342 e. The van der Waals surface area contributed by atoms with E-state index in [4.69, 9.17) is 0 Å². The number of hydrogen-bond donors (Lipinski definition) is 1. The quantitative estimate of drug-likeness (QED) is 0.754. The fraction of sp³-hybridized carbons (Fsp3) is 0.304. The molecule has 1 aliphatic carbocycles. The maximum absolute atomic E-state index is 12.8. The normalized spacial score (nSPS) is 14.4. The van der Waals surface area contributed by atoms with Crippen molar-refractivity contribution in [1.29, 1.82) is 0 Å². The summed E-state index contributed by atoms with van der Waals surface area (Å²) < 4.78 is 1.96. The van der Waals surface area contributed by atoms with E-state index in [0.717, 1.165) is 29.8 Å². The second-order valence-corrected chi connectivity index (χ2v) is 7.29. The molecular formula is C23H25N3O. The molecule has 1 N–H and O–H groups in total. The molecule has 1 aromatic heterocycles. The van der Waals surface area contributed by atoms with Gasteiger partial charge in [-0.05, 0) is 47.9 Å². The Hall–Kier alpha value is -2.88. The van der Waals surface area contributed by atoms with Crippen molar-refractivity contribution in [2.75, 3.05) is 0 Å². The van der Waals surface area contributed by atoms with Crippen molar-refractivity contribution in [3.8, 4) is 0 Å². The molecule has 0 bridgehead atoms. The second-order valence-electron chi connectivity index (χ2n) is 7.29. The van der Waals surface area contributed by atoms with Gasteiger partial charge in [0.2, 0.25) is 5.91 Å². The van der Waals surface area contributed by atoms with Gasteiger partial charge >= 0.3 is 0 Å². The number of carbonyl (C=O) groups excluding carboxylic acids is 1. The van der Waals surface area contributed by atoms with E-state index in [-0.39, 0.29) is 11.9 Å². The van der Waals surface area contributed by atoms with Gasteiger partial charge < -0.3 is 9.88 Å². The van der Waals surface area contributed by atoms with Crippen molar-refractivity contribution in [2.24, 2.45) is 7.05 Å². The van der Waals surface area contributed by atoms with E-state index in [1.54, 1.807) is 6.20 Å². The first-order valence-corrected chi connectivity index (χ1v) is 9.63. The van der Waals surface area contributed by atoms with Crippen LogP contribution >= 0.6 is 0 Å². The Morgan fingerprint density at radius 3 is 2.63 bits per heavy atom. The van der Waals surface area contributed by atoms with Crippen molar-refractivity contribution in [3.05, 3.63) is 89.0 Å². The van der Waals surface area contributed by atoms with Crippen LogP contribution < -0.4 is 5.32 Å². The molecule has 1 aliphatic rings. The van der Waals surface area contributed by atoms with Crippen LogP contribution in [0.15, 0.2) is 60.9 Å². The van der Waals surface area contributed by atoms with Crippen LogP contribution in [0.5, 0.6) is 0 Å². The molecule has 27 heavy (non-hydrogen) atoms. The minimum Gasteiger partial charge on any atom is -0.342 e. The number of amides is 1. The lowest BCUT2D eigenvalue weighted by Gasteiger charge is -2.20. The van der Waals surface area contributed by atoms with Crippen molar-refractivity contribution in [3.63, 3.8) is 0 Å². The first kappa shape index (κ1) is 17.5. The van der Waals surface area contributed by atoms with Gasteiger partial charge in [-0.2, -0.15) is 0 Å². The lowest BCUT2D eigenvalue weighted by molar-refractivity contribution is -0.121. The first-order chi connectivity index (χ1) is 13.2. The number of rotatable bonds is 5. The molecule has 0 saturated carbocycles. The van der Waals surface area contributed by atoms with Crippen LogP contribution in [-0.4, -0.2) is 15.5 Å². The smallest absolute Gasteiger partial charge is 0.225 e. The summed E-state index contributed by atoms with van der Waals surface area (Å²) in [5, 5.41) is 3.18. The number of nitrogens with zero attached hydrogens (tertiary/aromatic N) is 2. The number of imidazole rings is 1. The van der Waals surface area contributed by atoms with Gasteiger partial charge in [0.05, 0.1) is 6.42 Å². The van der Waals surface area contributed by atoms with Gasteiger partial charge in [0.1, 0.15) is 11.9 Å². The van der Waals surface area contributed by atoms with Crippen LogP contribution in [-0.2, 0) is 31.1 Å². The molecule has 3 aromatic rings. The summed E-state index contributed by atoms with van der Waals surface area (Å²) in [7, 11) is 1.95. The van der Waals surface area contributed by atoms with Crippen molar-refractivity contribution < 1.29 is 4.79 Å². The molecule has 1 heterocycles. The molecule has 0 spiro atoms. The summed E-state index contributed by atoms with van der Waals surface area (Å²) in [6.45, 7) is 0. The molecule has 0 radical (unpaired) electrons. The zero-order valence-corrected chi connectivity index (χ0v) is 15.7. The van der Waals surface area contributed by atoms with Crippen molar-refractivity contribution in [1.82, 2.24) is 14.9 Å². The number of nitrogens with one attached hydrogen (secondary N) is 1. The van der Waals surface area contributed by atoms with Crippen LogP contribution in [0, 0.1) is 0 Å². The average Bonchev–Trinajstić information content (AvgIpc) is 3.12. The Bertz CT molecular complexity index is 930. The van der Waals surface area contributed by atoms with E-state index < -0.39 is 0 Å².